The molecule has 2 rings (SSSR count). The van der Waals surface area contributed by atoms with Crippen molar-refractivity contribution in [2.75, 3.05) is 19.8 Å². The summed E-state index contributed by atoms with van der Waals surface area (Å²) in [6, 6.07) is 11.8. The first-order valence-corrected chi connectivity index (χ1v) is 8.13. The van der Waals surface area contributed by atoms with Crippen molar-refractivity contribution in [3.8, 4) is 11.5 Å². The summed E-state index contributed by atoms with van der Waals surface area (Å²) in [5, 5.41) is 2.80. The highest BCUT2D eigenvalue weighted by Gasteiger charge is 2.06. The van der Waals surface area contributed by atoms with E-state index in [4.69, 9.17) is 9.47 Å². The SMILES string of the molecule is Cc1cccc(OCCNC(=O)COc2cccc(C)c2C)c1C. The van der Waals surface area contributed by atoms with Crippen molar-refractivity contribution in [1.29, 1.82) is 0 Å². The van der Waals surface area contributed by atoms with Gasteiger partial charge >= 0.3 is 0 Å². The van der Waals surface area contributed by atoms with Gasteiger partial charge in [-0.2, -0.15) is 0 Å². The third-order valence-electron chi connectivity index (χ3n) is 4.15. The van der Waals surface area contributed by atoms with Crippen molar-refractivity contribution in [2.24, 2.45) is 0 Å². The molecular weight excluding hydrogens is 302 g/mol. The molecule has 0 aliphatic carbocycles. The van der Waals surface area contributed by atoms with Gasteiger partial charge in [-0.1, -0.05) is 24.3 Å². The Bertz CT molecular complexity index is 710. The maximum absolute atomic E-state index is 11.9. The van der Waals surface area contributed by atoms with Gasteiger partial charge in [0.2, 0.25) is 0 Å². The van der Waals surface area contributed by atoms with Crippen LogP contribution < -0.4 is 14.8 Å². The van der Waals surface area contributed by atoms with Gasteiger partial charge in [-0.3, -0.25) is 4.79 Å². The zero-order valence-corrected chi connectivity index (χ0v) is 14.8. The number of amides is 1. The molecule has 0 bridgehead atoms. The minimum atomic E-state index is -0.152. The van der Waals surface area contributed by atoms with Gasteiger partial charge in [0, 0.05) is 0 Å². The van der Waals surface area contributed by atoms with Gasteiger partial charge in [0.1, 0.15) is 18.1 Å². The number of hydrogen-bond acceptors (Lipinski definition) is 3. The molecule has 128 valence electrons. The van der Waals surface area contributed by atoms with Gasteiger partial charge in [-0.05, 0) is 62.1 Å². The van der Waals surface area contributed by atoms with E-state index in [0.717, 1.165) is 28.2 Å². The normalized spacial score (nSPS) is 10.3. The Morgan fingerprint density at radius 2 is 1.42 bits per heavy atom. The molecular formula is C20H25NO3. The van der Waals surface area contributed by atoms with Crippen LogP contribution in [0.5, 0.6) is 11.5 Å². The van der Waals surface area contributed by atoms with Crippen LogP contribution in [-0.2, 0) is 4.79 Å². The molecule has 0 saturated carbocycles. The summed E-state index contributed by atoms with van der Waals surface area (Å²) >= 11 is 0. The number of aryl methyl sites for hydroxylation is 2. The molecule has 0 aromatic heterocycles. The minimum absolute atomic E-state index is 0.00770. The lowest BCUT2D eigenvalue weighted by atomic mass is 10.1. The van der Waals surface area contributed by atoms with Gasteiger partial charge in [-0.15, -0.1) is 0 Å². The minimum Gasteiger partial charge on any atom is -0.491 e. The van der Waals surface area contributed by atoms with Gasteiger partial charge in [0.15, 0.2) is 6.61 Å². The Kier molecular flexibility index (Phi) is 6.24. The molecule has 2 aromatic rings. The van der Waals surface area contributed by atoms with E-state index in [-0.39, 0.29) is 12.5 Å². The van der Waals surface area contributed by atoms with Crippen LogP contribution in [0.4, 0.5) is 0 Å². The second-order valence-electron chi connectivity index (χ2n) is 5.88. The zero-order chi connectivity index (χ0) is 17.5. The van der Waals surface area contributed by atoms with Crippen LogP contribution in [0.1, 0.15) is 22.3 Å². The summed E-state index contributed by atoms with van der Waals surface area (Å²) in [4.78, 5) is 11.9. The monoisotopic (exact) mass is 327 g/mol. The van der Waals surface area contributed by atoms with Crippen LogP contribution in [0.25, 0.3) is 0 Å². The summed E-state index contributed by atoms with van der Waals surface area (Å²) in [6.07, 6.45) is 0. The molecule has 4 nitrogen and oxygen atoms in total. The summed E-state index contributed by atoms with van der Waals surface area (Å²) in [5.41, 5.74) is 4.53. The lowest BCUT2D eigenvalue weighted by molar-refractivity contribution is -0.123. The summed E-state index contributed by atoms with van der Waals surface area (Å²) < 4.78 is 11.3. The van der Waals surface area contributed by atoms with E-state index in [1.165, 1.54) is 5.56 Å². The van der Waals surface area contributed by atoms with Crippen molar-refractivity contribution in [2.45, 2.75) is 27.7 Å². The third-order valence-corrected chi connectivity index (χ3v) is 4.15. The fraction of sp³-hybridized carbons (Fsp3) is 0.350. The first-order chi connectivity index (χ1) is 11.5. The zero-order valence-electron chi connectivity index (χ0n) is 14.8. The largest absolute Gasteiger partial charge is 0.491 e. The quantitative estimate of drug-likeness (QED) is 0.792. The van der Waals surface area contributed by atoms with Crippen LogP contribution in [0.15, 0.2) is 36.4 Å². The summed E-state index contributed by atoms with van der Waals surface area (Å²) in [5.74, 6) is 1.45. The number of carbonyl (C=O) groups excluding carboxylic acids is 1. The molecule has 2 aromatic carbocycles. The van der Waals surface area contributed by atoms with Crippen LogP contribution in [-0.4, -0.2) is 25.7 Å². The molecule has 0 aliphatic heterocycles. The predicted molar refractivity (Wildman–Crippen MR) is 95.8 cm³/mol. The van der Waals surface area contributed by atoms with Crippen molar-refractivity contribution in [1.82, 2.24) is 5.32 Å². The lowest BCUT2D eigenvalue weighted by Crippen LogP contribution is -2.32. The van der Waals surface area contributed by atoms with E-state index in [1.807, 2.05) is 51.1 Å². The van der Waals surface area contributed by atoms with E-state index >= 15 is 0 Å². The van der Waals surface area contributed by atoms with Gasteiger partial charge in [0.25, 0.3) is 5.91 Å². The van der Waals surface area contributed by atoms with E-state index in [0.29, 0.717) is 13.2 Å². The molecule has 0 heterocycles. The number of nitrogens with one attached hydrogen (secondary N) is 1. The van der Waals surface area contributed by atoms with Crippen molar-refractivity contribution >= 4 is 5.91 Å². The van der Waals surface area contributed by atoms with Crippen LogP contribution in [0, 0.1) is 27.7 Å². The molecule has 4 heteroatoms. The smallest absolute Gasteiger partial charge is 0.258 e. The van der Waals surface area contributed by atoms with Crippen molar-refractivity contribution in [3.05, 3.63) is 58.7 Å². The van der Waals surface area contributed by atoms with E-state index in [9.17, 15) is 4.79 Å². The highest BCUT2D eigenvalue weighted by Crippen LogP contribution is 2.21. The molecule has 1 N–H and O–H groups in total. The molecule has 0 spiro atoms. The Balaban J connectivity index is 1.72. The standard InChI is InChI=1S/C20H25NO3/c1-14-7-5-9-18(16(14)3)23-12-11-21-20(22)13-24-19-10-6-8-15(2)17(19)4/h5-10H,11-13H2,1-4H3,(H,21,22). The average Bonchev–Trinajstić information content (AvgIpc) is 2.56. The second kappa shape index (κ2) is 8.39. The maximum Gasteiger partial charge on any atom is 0.258 e. The van der Waals surface area contributed by atoms with Gasteiger partial charge in [0.05, 0.1) is 6.54 Å². The molecule has 0 atom stereocenters. The Hall–Kier alpha value is -2.49. The molecule has 0 radical (unpaired) electrons. The van der Waals surface area contributed by atoms with Crippen molar-refractivity contribution in [3.63, 3.8) is 0 Å². The van der Waals surface area contributed by atoms with E-state index in [1.54, 1.807) is 0 Å². The van der Waals surface area contributed by atoms with Crippen LogP contribution in [0.2, 0.25) is 0 Å². The second-order valence-corrected chi connectivity index (χ2v) is 5.88. The highest BCUT2D eigenvalue weighted by molar-refractivity contribution is 5.77. The molecule has 0 unspecified atom stereocenters. The summed E-state index contributed by atoms with van der Waals surface area (Å²) in [7, 11) is 0. The Morgan fingerprint density at radius 1 is 0.875 bits per heavy atom. The van der Waals surface area contributed by atoms with E-state index < -0.39 is 0 Å². The molecule has 0 aliphatic rings. The van der Waals surface area contributed by atoms with Crippen LogP contribution >= 0.6 is 0 Å². The van der Waals surface area contributed by atoms with Gasteiger partial charge in [-0.25, -0.2) is 0 Å². The molecule has 0 fully saturated rings. The summed E-state index contributed by atoms with van der Waals surface area (Å²) in [6.45, 7) is 8.97. The molecule has 0 saturated heterocycles. The fourth-order valence-corrected chi connectivity index (χ4v) is 2.31. The third kappa shape index (κ3) is 4.75. The van der Waals surface area contributed by atoms with E-state index in [2.05, 4.69) is 18.3 Å². The predicted octanol–water partition coefficient (Wildman–Crippen LogP) is 3.49. The first kappa shape index (κ1) is 17.9. The van der Waals surface area contributed by atoms with Crippen molar-refractivity contribution < 1.29 is 14.3 Å². The Labute approximate surface area is 143 Å². The Morgan fingerprint density at radius 3 is 2.00 bits per heavy atom. The molecule has 1 amide bonds. The maximum atomic E-state index is 11.9. The van der Waals surface area contributed by atoms with Gasteiger partial charge < -0.3 is 14.8 Å². The lowest BCUT2D eigenvalue weighted by Gasteiger charge is -2.12. The average molecular weight is 327 g/mol. The fourth-order valence-electron chi connectivity index (χ4n) is 2.31. The number of carbonyl (C=O) groups is 1. The topological polar surface area (TPSA) is 47.6 Å². The number of rotatable bonds is 7. The number of benzene rings is 2. The van der Waals surface area contributed by atoms with Crippen LogP contribution in [0.3, 0.4) is 0 Å². The first-order valence-electron chi connectivity index (χ1n) is 8.13. The number of ether oxygens (including phenoxy) is 2. The highest BCUT2D eigenvalue weighted by atomic mass is 16.5. The molecule has 24 heavy (non-hydrogen) atoms. The number of hydrogen-bond donors (Lipinski definition) is 1.